The summed E-state index contributed by atoms with van der Waals surface area (Å²) in [6, 6.07) is 9.13. The Kier molecular flexibility index (Phi) is 3.23. The molecule has 2 heterocycles. The fourth-order valence-corrected chi connectivity index (χ4v) is 2.47. The summed E-state index contributed by atoms with van der Waals surface area (Å²) in [4.78, 5) is 22.7. The smallest absolute Gasteiger partial charge is 0.249 e. The van der Waals surface area contributed by atoms with Crippen LogP contribution in [0.1, 0.15) is 0 Å². The van der Waals surface area contributed by atoms with Crippen molar-refractivity contribution in [1.29, 1.82) is 0 Å². The molecule has 0 aliphatic carbocycles. The molecule has 1 aromatic carbocycles. The second-order valence-corrected chi connectivity index (χ2v) is 5.12. The molecule has 0 radical (unpaired) electrons. The molecule has 2 N–H and O–H groups in total. The number of thioether (sulfide) groups is 1. The van der Waals surface area contributed by atoms with Crippen molar-refractivity contribution in [3.8, 4) is 17.1 Å². The summed E-state index contributed by atoms with van der Waals surface area (Å²) in [5.41, 5.74) is 2.03. The van der Waals surface area contributed by atoms with Gasteiger partial charge in [0.05, 0.1) is 18.2 Å². The molecule has 0 saturated heterocycles. The first-order chi connectivity index (χ1) is 9.71. The number of nitrogens with zero attached hydrogens (tertiary/aromatic N) is 1. The highest BCUT2D eigenvalue weighted by Gasteiger charge is 2.11. The molecule has 5 nitrogen and oxygen atoms in total. The average molecular weight is 287 g/mol. The maximum absolute atomic E-state index is 11.3. The van der Waals surface area contributed by atoms with Crippen molar-refractivity contribution in [3.63, 3.8) is 0 Å². The monoisotopic (exact) mass is 287 g/mol. The van der Waals surface area contributed by atoms with Crippen molar-refractivity contribution in [2.24, 2.45) is 0 Å². The number of hydrogen-bond donors (Lipinski definition) is 2. The molecule has 6 heteroatoms. The van der Waals surface area contributed by atoms with Gasteiger partial charge in [-0.25, -0.2) is 4.98 Å². The van der Waals surface area contributed by atoms with Gasteiger partial charge in [0, 0.05) is 11.0 Å². The van der Waals surface area contributed by atoms with Crippen molar-refractivity contribution in [2.45, 2.75) is 4.90 Å². The zero-order chi connectivity index (χ0) is 14.1. The highest BCUT2D eigenvalue weighted by molar-refractivity contribution is 7.98. The molecule has 0 amide bonds. The maximum atomic E-state index is 11.3. The lowest BCUT2D eigenvalue weighted by Gasteiger charge is -2.07. The van der Waals surface area contributed by atoms with Crippen molar-refractivity contribution >= 4 is 22.9 Å². The number of aromatic nitrogens is 3. The van der Waals surface area contributed by atoms with Crippen LogP contribution >= 0.6 is 11.8 Å². The van der Waals surface area contributed by atoms with Crippen molar-refractivity contribution in [3.05, 3.63) is 40.7 Å². The van der Waals surface area contributed by atoms with E-state index < -0.39 is 0 Å². The third kappa shape index (κ3) is 2.18. The molecule has 0 fully saturated rings. The van der Waals surface area contributed by atoms with Crippen LogP contribution in [-0.4, -0.2) is 28.3 Å². The van der Waals surface area contributed by atoms with Crippen molar-refractivity contribution in [2.75, 3.05) is 13.4 Å². The molecule has 20 heavy (non-hydrogen) atoms. The van der Waals surface area contributed by atoms with Crippen LogP contribution in [0, 0.1) is 0 Å². The summed E-state index contributed by atoms with van der Waals surface area (Å²) in [6.07, 6.45) is 2.01. The molecule has 0 unspecified atom stereocenters. The minimum absolute atomic E-state index is 0.166. The van der Waals surface area contributed by atoms with Crippen LogP contribution in [0.3, 0.4) is 0 Å². The zero-order valence-electron chi connectivity index (χ0n) is 11.1. The number of H-pyrrole nitrogens is 2. The summed E-state index contributed by atoms with van der Waals surface area (Å²) in [5.74, 6) is 1.42. The Labute approximate surface area is 119 Å². The molecular weight excluding hydrogens is 274 g/mol. The third-order valence-corrected chi connectivity index (χ3v) is 3.76. The molecule has 0 bridgehead atoms. The Balaban J connectivity index is 2.17. The third-order valence-electron chi connectivity index (χ3n) is 3.04. The lowest BCUT2D eigenvalue weighted by Crippen LogP contribution is -2.01. The van der Waals surface area contributed by atoms with E-state index in [1.54, 1.807) is 24.9 Å². The van der Waals surface area contributed by atoms with Gasteiger partial charge in [-0.05, 0) is 30.5 Å². The minimum atomic E-state index is -0.166. The molecule has 3 rings (SSSR count). The maximum Gasteiger partial charge on any atom is 0.249 e. The van der Waals surface area contributed by atoms with Gasteiger partial charge in [-0.2, -0.15) is 0 Å². The van der Waals surface area contributed by atoms with Gasteiger partial charge in [-0.15, -0.1) is 11.8 Å². The Bertz CT molecular complexity index is 823. The second-order valence-electron chi connectivity index (χ2n) is 4.24. The molecule has 2 aromatic heterocycles. The van der Waals surface area contributed by atoms with Gasteiger partial charge in [0.25, 0.3) is 0 Å². The van der Waals surface area contributed by atoms with E-state index in [0.717, 1.165) is 21.7 Å². The number of pyridine rings is 1. The van der Waals surface area contributed by atoms with Crippen molar-refractivity contribution in [1.82, 2.24) is 15.0 Å². The molecule has 102 valence electrons. The first-order valence-electron chi connectivity index (χ1n) is 6.02. The van der Waals surface area contributed by atoms with Crippen LogP contribution in [0.5, 0.6) is 5.75 Å². The number of aromatic amines is 2. The van der Waals surface area contributed by atoms with Gasteiger partial charge >= 0.3 is 0 Å². The van der Waals surface area contributed by atoms with Crippen LogP contribution < -0.4 is 10.3 Å². The second kappa shape index (κ2) is 5.05. The quantitative estimate of drug-likeness (QED) is 0.726. The Morgan fingerprint density at radius 3 is 2.80 bits per heavy atom. The molecule has 0 aliphatic rings. The van der Waals surface area contributed by atoms with Crippen LogP contribution in [-0.2, 0) is 0 Å². The molecular formula is C14H13N3O2S. The number of methoxy groups -OCH3 is 1. The van der Waals surface area contributed by atoms with Crippen LogP contribution in [0.2, 0.25) is 0 Å². The predicted molar refractivity (Wildman–Crippen MR) is 80.5 cm³/mol. The van der Waals surface area contributed by atoms with E-state index in [1.165, 1.54) is 6.07 Å². The first kappa shape index (κ1) is 12.8. The summed E-state index contributed by atoms with van der Waals surface area (Å²) >= 11 is 1.65. The Hall–Kier alpha value is -2.21. The molecule has 0 aliphatic heterocycles. The Morgan fingerprint density at radius 1 is 1.20 bits per heavy atom. The number of imidazole rings is 1. The van der Waals surface area contributed by atoms with Gasteiger partial charge in [0.2, 0.25) is 5.56 Å². The number of rotatable bonds is 3. The number of benzene rings is 1. The Morgan fingerprint density at radius 2 is 2.05 bits per heavy atom. The van der Waals surface area contributed by atoms with E-state index in [9.17, 15) is 4.79 Å². The molecule has 0 atom stereocenters. The zero-order valence-corrected chi connectivity index (χ0v) is 11.9. The highest BCUT2D eigenvalue weighted by atomic mass is 32.2. The van der Waals surface area contributed by atoms with E-state index in [2.05, 4.69) is 15.0 Å². The first-order valence-corrected chi connectivity index (χ1v) is 7.25. The topological polar surface area (TPSA) is 70.8 Å². The SMILES string of the molecule is COc1cc(SC)ccc1-c1nc2[nH]c(=O)ccc2[nH]1. The number of hydrogen-bond acceptors (Lipinski definition) is 4. The standard InChI is InChI=1S/C14H13N3O2S/c1-19-11-7-8(20-2)3-4-9(11)13-15-10-5-6-12(18)16-14(10)17-13/h3-7H,1-2H3,(H2,15,16,17,18). The lowest BCUT2D eigenvalue weighted by atomic mass is 10.2. The van der Waals surface area contributed by atoms with Crippen LogP contribution in [0.15, 0.2) is 40.0 Å². The normalized spacial score (nSPS) is 10.9. The van der Waals surface area contributed by atoms with Gasteiger partial charge in [0.15, 0.2) is 5.65 Å². The van der Waals surface area contributed by atoms with Gasteiger partial charge in [-0.1, -0.05) is 0 Å². The minimum Gasteiger partial charge on any atom is -0.496 e. The number of fused-ring (bicyclic) bond motifs is 1. The van der Waals surface area contributed by atoms with Crippen LogP contribution in [0.25, 0.3) is 22.6 Å². The van der Waals surface area contributed by atoms with E-state index in [4.69, 9.17) is 4.74 Å². The van der Waals surface area contributed by atoms with Gasteiger partial charge < -0.3 is 14.7 Å². The number of ether oxygens (including phenoxy) is 1. The highest BCUT2D eigenvalue weighted by Crippen LogP contribution is 2.32. The van der Waals surface area contributed by atoms with E-state index in [-0.39, 0.29) is 5.56 Å². The number of nitrogens with one attached hydrogen (secondary N) is 2. The fraction of sp³-hybridized carbons (Fsp3) is 0.143. The average Bonchev–Trinajstić information content (AvgIpc) is 2.89. The summed E-state index contributed by atoms with van der Waals surface area (Å²) in [7, 11) is 1.63. The van der Waals surface area contributed by atoms with E-state index in [1.807, 2.05) is 24.5 Å². The van der Waals surface area contributed by atoms with E-state index >= 15 is 0 Å². The lowest BCUT2D eigenvalue weighted by molar-refractivity contribution is 0.415. The summed E-state index contributed by atoms with van der Waals surface area (Å²) < 4.78 is 5.42. The predicted octanol–water partition coefficient (Wildman–Crippen LogP) is 2.65. The van der Waals surface area contributed by atoms with E-state index in [0.29, 0.717) is 11.5 Å². The summed E-state index contributed by atoms with van der Waals surface area (Å²) in [6.45, 7) is 0. The van der Waals surface area contributed by atoms with Crippen LogP contribution in [0.4, 0.5) is 0 Å². The molecule has 0 saturated carbocycles. The molecule has 3 aromatic rings. The van der Waals surface area contributed by atoms with Crippen molar-refractivity contribution < 1.29 is 4.74 Å². The van der Waals surface area contributed by atoms with Gasteiger partial charge in [-0.3, -0.25) is 4.79 Å². The molecule has 0 spiro atoms. The summed E-state index contributed by atoms with van der Waals surface area (Å²) in [5, 5.41) is 0. The van der Waals surface area contributed by atoms with Gasteiger partial charge in [0.1, 0.15) is 11.6 Å². The fourth-order valence-electron chi connectivity index (χ4n) is 2.04. The largest absolute Gasteiger partial charge is 0.496 e.